The molecule has 0 aliphatic carbocycles. The summed E-state index contributed by atoms with van der Waals surface area (Å²) in [6.45, 7) is 3.14. The molecule has 2 aromatic rings. The SMILES string of the molecule is Nc1ccc(F)cc1NC(=O)c1ccc(CN2CCCCC2)s1. The van der Waals surface area contributed by atoms with Crippen molar-refractivity contribution in [1.82, 2.24) is 4.90 Å². The first-order valence-electron chi connectivity index (χ1n) is 7.79. The number of nitrogen functional groups attached to an aromatic ring is 1. The van der Waals surface area contributed by atoms with Gasteiger partial charge in [-0.1, -0.05) is 6.42 Å². The molecule has 0 saturated carbocycles. The number of nitrogens with zero attached hydrogens (tertiary/aromatic N) is 1. The summed E-state index contributed by atoms with van der Waals surface area (Å²) in [5.74, 6) is -0.677. The van der Waals surface area contributed by atoms with Crippen LogP contribution in [0, 0.1) is 5.82 Å². The molecule has 1 fully saturated rings. The summed E-state index contributed by atoms with van der Waals surface area (Å²) in [7, 11) is 0. The number of nitrogens with two attached hydrogens (primary N) is 1. The molecule has 1 aromatic carbocycles. The van der Waals surface area contributed by atoms with Crippen molar-refractivity contribution in [3.8, 4) is 0 Å². The van der Waals surface area contributed by atoms with Crippen LogP contribution in [0.15, 0.2) is 30.3 Å². The van der Waals surface area contributed by atoms with Crippen molar-refractivity contribution >= 4 is 28.6 Å². The Morgan fingerprint density at radius 2 is 2.00 bits per heavy atom. The maximum Gasteiger partial charge on any atom is 0.265 e. The predicted molar refractivity (Wildman–Crippen MR) is 92.2 cm³/mol. The van der Waals surface area contributed by atoms with Crippen LogP contribution in [0.1, 0.15) is 33.8 Å². The molecule has 3 N–H and O–H groups in total. The number of amides is 1. The van der Waals surface area contributed by atoms with Crippen LogP contribution >= 0.6 is 11.3 Å². The Morgan fingerprint density at radius 1 is 1.22 bits per heavy atom. The topological polar surface area (TPSA) is 58.4 Å². The van der Waals surface area contributed by atoms with Crippen LogP contribution in [0.4, 0.5) is 15.8 Å². The highest BCUT2D eigenvalue weighted by Crippen LogP contribution is 2.24. The summed E-state index contributed by atoms with van der Waals surface area (Å²) < 4.78 is 13.3. The van der Waals surface area contributed by atoms with Gasteiger partial charge in [-0.05, 0) is 56.3 Å². The van der Waals surface area contributed by atoms with Gasteiger partial charge in [0, 0.05) is 11.4 Å². The van der Waals surface area contributed by atoms with E-state index in [2.05, 4.69) is 10.2 Å². The third-order valence-corrected chi connectivity index (χ3v) is 5.05. The van der Waals surface area contributed by atoms with Gasteiger partial charge in [0.05, 0.1) is 16.3 Å². The van der Waals surface area contributed by atoms with E-state index >= 15 is 0 Å². The number of benzene rings is 1. The maximum absolute atomic E-state index is 13.3. The molecule has 1 aliphatic rings. The highest BCUT2D eigenvalue weighted by molar-refractivity contribution is 7.14. The molecule has 122 valence electrons. The van der Waals surface area contributed by atoms with Crippen LogP contribution in [0.3, 0.4) is 0 Å². The second-order valence-electron chi connectivity index (χ2n) is 5.79. The Hall–Kier alpha value is -1.92. The van der Waals surface area contributed by atoms with Gasteiger partial charge in [-0.2, -0.15) is 0 Å². The van der Waals surface area contributed by atoms with Crippen LogP contribution in [0.2, 0.25) is 0 Å². The number of hydrogen-bond acceptors (Lipinski definition) is 4. The number of hydrogen-bond donors (Lipinski definition) is 2. The molecule has 0 bridgehead atoms. The highest BCUT2D eigenvalue weighted by Gasteiger charge is 2.15. The number of anilines is 2. The van der Waals surface area contributed by atoms with Gasteiger partial charge >= 0.3 is 0 Å². The molecular weight excluding hydrogens is 313 g/mol. The summed E-state index contributed by atoms with van der Waals surface area (Å²) in [5.41, 5.74) is 6.42. The van der Waals surface area contributed by atoms with Gasteiger partial charge in [0.25, 0.3) is 5.91 Å². The minimum absolute atomic E-state index is 0.253. The number of thiophene rings is 1. The number of likely N-dealkylation sites (tertiary alicyclic amines) is 1. The molecule has 23 heavy (non-hydrogen) atoms. The number of carbonyl (C=O) groups excluding carboxylic acids is 1. The molecule has 2 heterocycles. The van der Waals surface area contributed by atoms with E-state index < -0.39 is 5.82 Å². The fraction of sp³-hybridized carbons (Fsp3) is 0.353. The van der Waals surface area contributed by atoms with E-state index in [-0.39, 0.29) is 5.91 Å². The third-order valence-electron chi connectivity index (χ3n) is 3.98. The molecule has 0 radical (unpaired) electrons. The van der Waals surface area contributed by atoms with Crippen molar-refractivity contribution in [3.63, 3.8) is 0 Å². The summed E-state index contributed by atoms with van der Waals surface area (Å²) in [4.78, 5) is 16.5. The number of piperidine rings is 1. The van der Waals surface area contributed by atoms with E-state index in [9.17, 15) is 9.18 Å². The van der Waals surface area contributed by atoms with Gasteiger partial charge in [0.1, 0.15) is 5.82 Å². The zero-order valence-corrected chi connectivity index (χ0v) is 13.7. The van der Waals surface area contributed by atoms with Gasteiger partial charge in [0.15, 0.2) is 0 Å². The lowest BCUT2D eigenvalue weighted by Gasteiger charge is -2.25. The molecular formula is C17H20FN3OS. The van der Waals surface area contributed by atoms with Crippen LogP contribution in [0.25, 0.3) is 0 Å². The lowest BCUT2D eigenvalue weighted by Crippen LogP contribution is -2.28. The molecule has 1 amide bonds. The van der Waals surface area contributed by atoms with Crippen molar-refractivity contribution in [2.24, 2.45) is 0 Å². The van der Waals surface area contributed by atoms with E-state index in [0.29, 0.717) is 16.3 Å². The standard InChI is InChI=1S/C17H20FN3OS/c18-12-4-6-14(19)15(10-12)20-17(22)16-7-5-13(23-16)11-21-8-2-1-3-9-21/h4-7,10H,1-3,8-9,11,19H2,(H,20,22). The minimum Gasteiger partial charge on any atom is -0.397 e. The van der Waals surface area contributed by atoms with Crippen LogP contribution in [0.5, 0.6) is 0 Å². The second-order valence-corrected chi connectivity index (χ2v) is 6.96. The van der Waals surface area contributed by atoms with Gasteiger partial charge in [0.2, 0.25) is 0 Å². The lowest BCUT2D eigenvalue weighted by molar-refractivity contribution is 0.103. The maximum atomic E-state index is 13.3. The van der Waals surface area contributed by atoms with Gasteiger partial charge in [-0.3, -0.25) is 9.69 Å². The van der Waals surface area contributed by atoms with Crippen LogP contribution in [-0.2, 0) is 6.54 Å². The van der Waals surface area contributed by atoms with E-state index in [0.717, 1.165) is 19.6 Å². The van der Waals surface area contributed by atoms with Crippen molar-refractivity contribution in [2.75, 3.05) is 24.1 Å². The molecule has 0 unspecified atom stereocenters. The van der Waals surface area contributed by atoms with E-state index in [1.54, 1.807) is 0 Å². The highest BCUT2D eigenvalue weighted by atomic mass is 32.1. The van der Waals surface area contributed by atoms with E-state index in [4.69, 9.17) is 5.73 Å². The Bertz CT molecular complexity index is 695. The average molecular weight is 333 g/mol. The summed E-state index contributed by atoms with van der Waals surface area (Å²) in [5, 5.41) is 2.68. The average Bonchev–Trinajstić information content (AvgIpc) is 3.00. The van der Waals surface area contributed by atoms with Crippen molar-refractivity contribution in [1.29, 1.82) is 0 Å². The molecule has 1 saturated heterocycles. The van der Waals surface area contributed by atoms with Crippen LogP contribution < -0.4 is 11.1 Å². The summed E-state index contributed by atoms with van der Waals surface area (Å²) in [6, 6.07) is 7.75. The minimum atomic E-state index is -0.425. The Kier molecular flexibility index (Phi) is 4.93. The van der Waals surface area contributed by atoms with Gasteiger partial charge < -0.3 is 11.1 Å². The quantitative estimate of drug-likeness (QED) is 0.839. The number of nitrogens with one attached hydrogen (secondary N) is 1. The van der Waals surface area contributed by atoms with E-state index in [1.165, 1.54) is 53.7 Å². The fourth-order valence-electron chi connectivity index (χ4n) is 2.74. The molecule has 0 spiro atoms. The largest absolute Gasteiger partial charge is 0.397 e. The number of halogens is 1. The third kappa shape index (κ3) is 4.09. The first-order valence-corrected chi connectivity index (χ1v) is 8.61. The van der Waals surface area contributed by atoms with Crippen LogP contribution in [-0.4, -0.2) is 23.9 Å². The molecule has 3 rings (SSSR count). The summed E-state index contributed by atoms with van der Waals surface area (Å²) >= 11 is 1.48. The lowest BCUT2D eigenvalue weighted by atomic mass is 10.1. The first-order chi connectivity index (χ1) is 11.1. The molecule has 1 aliphatic heterocycles. The van der Waals surface area contributed by atoms with E-state index in [1.807, 2.05) is 12.1 Å². The molecule has 4 nitrogen and oxygen atoms in total. The zero-order valence-electron chi connectivity index (χ0n) is 12.8. The Balaban J connectivity index is 1.65. The second kappa shape index (κ2) is 7.10. The molecule has 0 atom stereocenters. The Labute approximate surface area is 139 Å². The first kappa shape index (κ1) is 16.0. The van der Waals surface area contributed by atoms with Gasteiger partial charge in [-0.25, -0.2) is 4.39 Å². The zero-order chi connectivity index (χ0) is 16.2. The molecule has 6 heteroatoms. The Morgan fingerprint density at radius 3 is 2.78 bits per heavy atom. The number of carbonyl (C=O) groups is 1. The number of rotatable bonds is 4. The summed E-state index contributed by atoms with van der Waals surface area (Å²) in [6.07, 6.45) is 3.80. The normalized spacial score (nSPS) is 15.5. The smallest absolute Gasteiger partial charge is 0.265 e. The van der Waals surface area contributed by atoms with Crippen molar-refractivity contribution in [2.45, 2.75) is 25.8 Å². The van der Waals surface area contributed by atoms with Crippen molar-refractivity contribution in [3.05, 3.63) is 45.9 Å². The predicted octanol–water partition coefficient (Wildman–Crippen LogP) is 3.71. The fourth-order valence-corrected chi connectivity index (χ4v) is 3.69. The van der Waals surface area contributed by atoms with Gasteiger partial charge in [-0.15, -0.1) is 11.3 Å². The molecule has 1 aromatic heterocycles. The van der Waals surface area contributed by atoms with Crippen molar-refractivity contribution < 1.29 is 9.18 Å². The monoisotopic (exact) mass is 333 g/mol.